The summed E-state index contributed by atoms with van der Waals surface area (Å²) in [5.41, 5.74) is 11.7. The summed E-state index contributed by atoms with van der Waals surface area (Å²) < 4.78 is 7.20. The second-order valence-electron chi connectivity index (χ2n) is 5.85. The predicted octanol–water partition coefficient (Wildman–Crippen LogP) is -2.04. The molecule has 3 rings (SSSR count). The molecular weight excluding hydrogens is 366 g/mol. The van der Waals surface area contributed by atoms with Crippen molar-refractivity contribution < 1.29 is 24.9 Å². The number of nitrogens with two attached hydrogens (primary N) is 2. The number of nitrogens with zero attached hydrogens (tertiary/aromatic N) is 5. The lowest BCUT2D eigenvalue weighted by molar-refractivity contribution is -0.138. The number of carboxylic acid groups (broad SMARTS) is 1. The molecule has 0 bridgehead atoms. The van der Waals surface area contributed by atoms with Crippen molar-refractivity contribution in [1.29, 1.82) is 0 Å². The van der Waals surface area contributed by atoms with Gasteiger partial charge in [0.2, 0.25) is 0 Å². The van der Waals surface area contributed by atoms with E-state index in [-0.39, 0.29) is 11.5 Å². The highest BCUT2D eigenvalue weighted by Gasteiger charge is 2.44. The zero-order chi connectivity index (χ0) is 18.8. The molecule has 0 amide bonds. The lowest BCUT2D eigenvalue weighted by Crippen LogP contribution is -2.33. The molecule has 3 heterocycles. The van der Waals surface area contributed by atoms with Crippen LogP contribution in [0, 0.1) is 0 Å². The summed E-state index contributed by atoms with van der Waals surface area (Å²) in [6.45, 7) is 0. The number of rotatable bonds is 7. The van der Waals surface area contributed by atoms with E-state index in [2.05, 4.69) is 20.4 Å². The van der Waals surface area contributed by atoms with Gasteiger partial charge in [-0.15, -0.1) is 10.2 Å². The first-order valence-corrected chi connectivity index (χ1v) is 8.94. The van der Waals surface area contributed by atoms with Crippen LogP contribution in [0.15, 0.2) is 6.33 Å². The number of aliphatic hydroxyl groups excluding tert-OH is 2. The van der Waals surface area contributed by atoms with E-state index in [1.165, 1.54) is 22.7 Å². The maximum atomic E-state index is 10.7. The molecule has 12 nitrogen and oxygen atoms in total. The van der Waals surface area contributed by atoms with Gasteiger partial charge in [0.15, 0.2) is 23.2 Å². The summed E-state index contributed by atoms with van der Waals surface area (Å²) in [4.78, 5) is 14.8. The second-order valence-corrected chi connectivity index (χ2v) is 7.00. The van der Waals surface area contributed by atoms with Crippen molar-refractivity contribution in [2.24, 2.45) is 5.73 Å². The number of carbonyl (C=O) groups is 1. The van der Waals surface area contributed by atoms with Crippen LogP contribution in [0.25, 0.3) is 11.2 Å². The predicted molar refractivity (Wildman–Crippen MR) is 91.0 cm³/mol. The van der Waals surface area contributed by atoms with Crippen molar-refractivity contribution in [1.82, 2.24) is 25.0 Å². The zero-order valence-electron chi connectivity index (χ0n) is 13.5. The summed E-state index contributed by atoms with van der Waals surface area (Å²) in [6, 6.07) is -0.926. The third-order valence-corrected chi connectivity index (χ3v) is 5.17. The van der Waals surface area contributed by atoms with E-state index in [1.807, 2.05) is 0 Å². The van der Waals surface area contributed by atoms with Gasteiger partial charge < -0.3 is 31.5 Å². The summed E-state index contributed by atoms with van der Waals surface area (Å²) in [5.74, 6) is -0.102. The first-order valence-electron chi connectivity index (χ1n) is 7.79. The minimum atomic E-state index is -1.20. The molecule has 0 radical (unpaired) electrons. The summed E-state index contributed by atoms with van der Waals surface area (Å²) >= 11 is 1.39. The Bertz CT molecular complexity index is 789. The monoisotopic (exact) mass is 385 g/mol. The van der Waals surface area contributed by atoms with Gasteiger partial charge >= 0.3 is 5.97 Å². The van der Waals surface area contributed by atoms with Gasteiger partial charge in [-0.2, -0.15) is 11.8 Å². The molecule has 0 unspecified atom stereocenters. The van der Waals surface area contributed by atoms with Crippen molar-refractivity contribution in [3.05, 3.63) is 6.33 Å². The number of aliphatic hydroxyl groups is 2. The van der Waals surface area contributed by atoms with Crippen LogP contribution in [0.4, 0.5) is 5.82 Å². The number of fused-ring (bicyclic) bond motifs is 1. The van der Waals surface area contributed by atoms with Gasteiger partial charge in [0.1, 0.15) is 18.2 Å². The van der Waals surface area contributed by atoms with Crippen LogP contribution in [0.1, 0.15) is 12.6 Å². The van der Waals surface area contributed by atoms with Gasteiger partial charge in [-0.05, 0) is 17.4 Å². The number of hydrogen-bond acceptors (Lipinski definition) is 11. The number of ether oxygens (including phenoxy) is 1. The minimum Gasteiger partial charge on any atom is -0.480 e. The molecule has 26 heavy (non-hydrogen) atoms. The van der Waals surface area contributed by atoms with Gasteiger partial charge in [-0.3, -0.25) is 9.36 Å². The molecule has 5 atom stereocenters. The van der Waals surface area contributed by atoms with Crippen LogP contribution < -0.4 is 11.5 Å². The molecule has 2 aromatic rings. The third-order valence-electron chi connectivity index (χ3n) is 4.09. The Labute approximate surface area is 151 Å². The van der Waals surface area contributed by atoms with Gasteiger partial charge in [-0.1, -0.05) is 0 Å². The second kappa shape index (κ2) is 7.67. The van der Waals surface area contributed by atoms with Crippen molar-refractivity contribution in [3.8, 4) is 0 Å². The van der Waals surface area contributed by atoms with Gasteiger partial charge in [-0.25, -0.2) is 4.98 Å². The molecule has 2 aromatic heterocycles. The van der Waals surface area contributed by atoms with Crippen LogP contribution in [-0.4, -0.2) is 82.1 Å². The average molecular weight is 385 g/mol. The highest BCUT2D eigenvalue weighted by Crippen LogP contribution is 2.33. The Kier molecular flexibility index (Phi) is 5.52. The van der Waals surface area contributed by atoms with E-state index in [9.17, 15) is 15.0 Å². The molecule has 0 spiro atoms. The van der Waals surface area contributed by atoms with Crippen molar-refractivity contribution in [2.75, 3.05) is 17.2 Å². The highest BCUT2D eigenvalue weighted by atomic mass is 32.2. The molecule has 7 N–H and O–H groups in total. The van der Waals surface area contributed by atoms with E-state index in [4.69, 9.17) is 21.3 Å². The summed E-state index contributed by atoms with van der Waals surface area (Å²) in [7, 11) is 0. The fourth-order valence-electron chi connectivity index (χ4n) is 2.61. The lowest BCUT2D eigenvalue weighted by Gasteiger charge is -2.16. The summed E-state index contributed by atoms with van der Waals surface area (Å²) in [5, 5.41) is 40.3. The van der Waals surface area contributed by atoms with Crippen LogP contribution in [-0.2, 0) is 9.53 Å². The molecule has 0 aliphatic carbocycles. The molecule has 1 aliphatic rings. The Morgan fingerprint density at radius 2 is 2.15 bits per heavy atom. The van der Waals surface area contributed by atoms with E-state index >= 15 is 0 Å². The summed E-state index contributed by atoms with van der Waals surface area (Å²) in [6.07, 6.45) is -2.19. The Morgan fingerprint density at radius 3 is 2.88 bits per heavy atom. The Balaban J connectivity index is 1.64. The van der Waals surface area contributed by atoms with Gasteiger partial charge in [0.05, 0.1) is 12.4 Å². The molecule has 1 aliphatic heterocycles. The Hall–Kier alpha value is -2.06. The molecule has 142 valence electrons. The number of thioether (sulfide) groups is 1. The maximum absolute atomic E-state index is 10.7. The molecular formula is C13H19N7O5S. The lowest BCUT2D eigenvalue weighted by atomic mass is 10.1. The fraction of sp³-hybridized carbons (Fsp3) is 0.615. The Morgan fingerprint density at radius 1 is 1.38 bits per heavy atom. The third kappa shape index (κ3) is 3.57. The number of anilines is 1. The normalized spacial score (nSPS) is 27.0. The standard InChI is InChI=1S/C13H19N7O5S/c14-5(13(23)24)1-2-26-3-6-8(21)9(22)12(25-6)20-4-16-7-10(15)17-19-18-11(7)20/h4-6,8-9,12,21-22H,1-3,14H2,(H,23,24)(H2,15,17,18)/t5-,6-,8-,9-,12-/m1/s1. The van der Waals surface area contributed by atoms with E-state index in [0.717, 1.165) is 0 Å². The number of hydrogen-bond donors (Lipinski definition) is 5. The van der Waals surface area contributed by atoms with Gasteiger partial charge in [0.25, 0.3) is 0 Å². The quantitative estimate of drug-likeness (QED) is 0.328. The fourth-order valence-corrected chi connectivity index (χ4v) is 3.71. The number of nitrogen functional groups attached to an aromatic ring is 1. The van der Waals surface area contributed by atoms with E-state index in [0.29, 0.717) is 23.4 Å². The first-order chi connectivity index (χ1) is 12.4. The molecule has 13 heteroatoms. The smallest absolute Gasteiger partial charge is 0.320 e. The molecule has 1 saturated heterocycles. The topological polar surface area (TPSA) is 196 Å². The van der Waals surface area contributed by atoms with E-state index in [1.54, 1.807) is 0 Å². The number of aromatic nitrogens is 5. The molecule has 0 saturated carbocycles. The number of aliphatic carboxylic acids is 1. The largest absolute Gasteiger partial charge is 0.480 e. The van der Waals surface area contributed by atoms with Gasteiger partial charge in [0, 0.05) is 5.75 Å². The molecule has 1 fully saturated rings. The van der Waals surface area contributed by atoms with Crippen LogP contribution in [0.3, 0.4) is 0 Å². The van der Waals surface area contributed by atoms with Crippen LogP contribution >= 0.6 is 11.8 Å². The van der Waals surface area contributed by atoms with Crippen molar-refractivity contribution in [2.45, 2.75) is 37.0 Å². The minimum absolute atomic E-state index is 0.101. The zero-order valence-corrected chi connectivity index (χ0v) is 14.4. The maximum Gasteiger partial charge on any atom is 0.320 e. The van der Waals surface area contributed by atoms with Crippen molar-refractivity contribution in [3.63, 3.8) is 0 Å². The average Bonchev–Trinajstić information content (AvgIpc) is 3.15. The molecule has 0 aromatic carbocycles. The number of carboxylic acids is 1. The van der Waals surface area contributed by atoms with E-state index < -0.39 is 36.6 Å². The van der Waals surface area contributed by atoms with Crippen LogP contribution in [0.5, 0.6) is 0 Å². The highest BCUT2D eigenvalue weighted by molar-refractivity contribution is 7.99. The number of imidazole rings is 1. The van der Waals surface area contributed by atoms with Crippen LogP contribution in [0.2, 0.25) is 0 Å². The van der Waals surface area contributed by atoms with Crippen molar-refractivity contribution >= 4 is 34.7 Å². The SMILES string of the molecule is Nc1nnnc2c1ncn2[C@@H]1O[C@H](CSCC[C@@H](N)C(=O)O)[C@@H](O)[C@H]1O. The first kappa shape index (κ1) is 18.7.